The molecule has 1 aliphatic carbocycles. The van der Waals surface area contributed by atoms with Gasteiger partial charge in [-0.05, 0) is 56.7 Å². The van der Waals surface area contributed by atoms with E-state index in [-0.39, 0.29) is 6.03 Å². The second kappa shape index (κ2) is 11.1. The van der Waals surface area contributed by atoms with Gasteiger partial charge in [-0.25, -0.2) is 4.79 Å². The Balaban J connectivity index is 1.58. The third kappa shape index (κ3) is 6.57. The van der Waals surface area contributed by atoms with E-state index in [1.807, 2.05) is 30.3 Å². The lowest BCUT2D eigenvalue weighted by atomic mass is 9.94. The minimum Gasteiger partial charge on any atom is -0.334 e. The third-order valence-electron chi connectivity index (χ3n) is 5.93. The first-order chi connectivity index (χ1) is 14.5. The summed E-state index contributed by atoms with van der Waals surface area (Å²) in [6.45, 7) is 2.22. The highest BCUT2D eigenvalue weighted by Crippen LogP contribution is 2.25. The Labute approximate surface area is 181 Å². The highest BCUT2D eigenvalue weighted by atomic mass is 16.2. The van der Waals surface area contributed by atoms with Gasteiger partial charge < -0.3 is 15.5 Å². The largest absolute Gasteiger partial charge is 0.334 e. The molecule has 0 bridgehead atoms. The SMILES string of the molecule is CN(C)Cc1ccccc1CNC(=O)Nc1ccccc1CN(C)C1CCCCC1. The molecule has 0 spiro atoms. The number of para-hydroxylation sites is 1. The van der Waals surface area contributed by atoms with Crippen LogP contribution >= 0.6 is 0 Å². The second-order valence-corrected chi connectivity index (χ2v) is 8.68. The van der Waals surface area contributed by atoms with Gasteiger partial charge in [0.2, 0.25) is 0 Å². The fourth-order valence-corrected chi connectivity index (χ4v) is 4.27. The van der Waals surface area contributed by atoms with Gasteiger partial charge in [-0.3, -0.25) is 4.90 Å². The summed E-state index contributed by atoms with van der Waals surface area (Å²) < 4.78 is 0. The minimum absolute atomic E-state index is 0.164. The molecule has 0 radical (unpaired) electrons. The Kier molecular flexibility index (Phi) is 8.29. The highest BCUT2D eigenvalue weighted by Gasteiger charge is 2.19. The molecule has 1 saturated carbocycles. The van der Waals surface area contributed by atoms with Gasteiger partial charge in [0.05, 0.1) is 0 Å². The van der Waals surface area contributed by atoms with Gasteiger partial charge in [0.1, 0.15) is 0 Å². The van der Waals surface area contributed by atoms with Crippen LogP contribution in [0.4, 0.5) is 10.5 Å². The molecule has 0 heterocycles. The molecular formula is C25H36N4O. The van der Waals surface area contributed by atoms with Crippen molar-refractivity contribution in [3.63, 3.8) is 0 Å². The maximum absolute atomic E-state index is 12.6. The average molecular weight is 409 g/mol. The first-order valence-electron chi connectivity index (χ1n) is 11.1. The maximum Gasteiger partial charge on any atom is 0.319 e. The summed E-state index contributed by atoms with van der Waals surface area (Å²) in [7, 11) is 6.31. The topological polar surface area (TPSA) is 47.6 Å². The molecule has 0 saturated heterocycles. The van der Waals surface area contributed by atoms with Gasteiger partial charge in [0.25, 0.3) is 0 Å². The maximum atomic E-state index is 12.6. The van der Waals surface area contributed by atoms with Crippen LogP contribution in [0.2, 0.25) is 0 Å². The number of carbonyl (C=O) groups is 1. The monoisotopic (exact) mass is 408 g/mol. The van der Waals surface area contributed by atoms with Crippen molar-refractivity contribution in [2.75, 3.05) is 26.5 Å². The van der Waals surface area contributed by atoms with E-state index in [0.717, 1.165) is 29.9 Å². The molecule has 162 valence electrons. The molecule has 2 amide bonds. The number of hydrogen-bond donors (Lipinski definition) is 2. The van der Waals surface area contributed by atoms with Crippen molar-refractivity contribution in [2.45, 2.75) is 57.8 Å². The predicted octanol–water partition coefficient (Wildman–Crippen LogP) is 4.83. The smallest absolute Gasteiger partial charge is 0.319 e. The van der Waals surface area contributed by atoms with E-state index in [1.54, 1.807) is 0 Å². The van der Waals surface area contributed by atoms with Gasteiger partial charge in [0, 0.05) is 31.4 Å². The third-order valence-corrected chi connectivity index (χ3v) is 5.93. The molecule has 2 N–H and O–H groups in total. The zero-order valence-corrected chi connectivity index (χ0v) is 18.7. The van der Waals surface area contributed by atoms with Crippen LogP contribution in [0.3, 0.4) is 0 Å². The zero-order valence-electron chi connectivity index (χ0n) is 18.7. The number of rotatable bonds is 8. The van der Waals surface area contributed by atoms with Gasteiger partial charge in [0.15, 0.2) is 0 Å². The Morgan fingerprint density at radius 3 is 2.20 bits per heavy atom. The molecule has 5 heteroatoms. The van der Waals surface area contributed by atoms with Gasteiger partial charge in [-0.1, -0.05) is 61.7 Å². The van der Waals surface area contributed by atoms with E-state index in [2.05, 4.69) is 59.8 Å². The lowest BCUT2D eigenvalue weighted by molar-refractivity contribution is 0.185. The molecule has 1 aliphatic rings. The molecule has 0 aliphatic heterocycles. The van der Waals surface area contributed by atoms with E-state index < -0.39 is 0 Å². The lowest BCUT2D eigenvalue weighted by Gasteiger charge is -2.31. The summed E-state index contributed by atoms with van der Waals surface area (Å²) in [5.74, 6) is 0. The standard InChI is InChI=1S/C25H36N4O/c1-28(2)18-21-12-8-7-11-20(21)17-26-25(30)27-24-16-10-9-13-22(24)19-29(3)23-14-5-4-6-15-23/h7-13,16,23H,4-6,14-15,17-19H2,1-3H3,(H2,26,27,30). The van der Waals surface area contributed by atoms with Crippen molar-refractivity contribution < 1.29 is 4.79 Å². The number of urea groups is 1. The quantitative estimate of drug-likeness (QED) is 0.657. The molecule has 3 rings (SSSR count). The van der Waals surface area contributed by atoms with E-state index in [0.29, 0.717) is 12.6 Å². The molecule has 1 fully saturated rings. The molecule has 0 atom stereocenters. The Morgan fingerprint density at radius 1 is 0.867 bits per heavy atom. The van der Waals surface area contributed by atoms with E-state index in [9.17, 15) is 4.79 Å². The summed E-state index contributed by atoms with van der Waals surface area (Å²) in [4.78, 5) is 17.2. The van der Waals surface area contributed by atoms with Crippen molar-refractivity contribution in [1.29, 1.82) is 0 Å². The van der Waals surface area contributed by atoms with Crippen molar-refractivity contribution >= 4 is 11.7 Å². The number of hydrogen-bond acceptors (Lipinski definition) is 3. The normalized spacial score (nSPS) is 14.8. The molecule has 5 nitrogen and oxygen atoms in total. The fraction of sp³-hybridized carbons (Fsp3) is 0.480. The molecular weight excluding hydrogens is 372 g/mol. The van der Waals surface area contributed by atoms with E-state index in [1.165, 1.54) is 37.7 Å². The summed E-state index contributed by atoms with van der Waals surface area (Å²) in [6.07, 6.45) is 6.57. The number of anilines is 1. The number of benzene rings is 2. The fourth-order valence-electron chi connectivity index (χ4n) is 4.27. The Hall–Kier alpha value is -2.37. The van der Waals surface area contributed by atoms with Crippen molar-refractivity contribution in [3.8, 4) is 0 Å². The van der Waals surface area contributed by atoms with Crippen LogP contribution in [0, 0.1) is 0 Å². The van der Waals surface area contributed by atoms with Crippen LogP contribution in [-0.2, 0) is 19.6 Å². The van der Waals surface area contributed by atoms with Crippen molar-refractivity contribution in [2.24, 2.45) is 0 Å². The van der Waals surface area contributed by atoms with Crippen LogP contribution in [0.15, 0.2) is 48.5 Å². The van der Waals surface area contributed by atoms with Crippen LogP contribution in [0.25, 0.3) is 0 Å². The molecule has 30 heavy (non-hydrogen) atoms. The second-order valence-electron chi connectivity index (χ2n) is 8.68. The van der Waals surface area contributed by atoms with Gasteiger partial charge >= 0.3 is 6.03 Å². The molecule has 2 aromatic rings. The minimum atomic E-state index is -0.164. The summed E-state index contributed by atoms with van der Waals surface area (Å²) in [5, 5.41) is 6.09. The van der Waals surface area contributed by atoms with Crippen molar-refractivity contribution in [3.05, 3.63) is 65.2 Å². The first kappa shape index (κ1) is 22.3. The van der Waals surface area contributed by atoms with Crippen molar-refractivity contribution in [1.82, 2.24) is 15.1 Å². The Morgan fingerprint density at radius 2 is 1.50 bits per heavy atom. The van der Waals surface area contributed by atoms with Crippen LogP contribution < -0.4 is 10.6 Å². The van der Waals surface area contributed by atoms with Crippen LogP contribution in [-0.4, -0.2) is 43.0 Å². The molecule has 0 aromatic heterocycles. The Bertz CT molecular complexity index is 814. The summed E-state index contributed by atoms with van der Waals surface area (Å²) in [5.41, 5.74) is 4.43. The number of nitrogens with zero attached hydrogens (tertiary/aromatic N) is 2. The molecule has 2 aromatic carbocycles. The van der Waals surface area contributed by atoms with Gasteiger partial charge in [-0.15, -0.1) is 0 Å². The van der Waals surface area contributed by atoms with Gasteiger partial charge in [-0.2, -0.15) is 0 Å². The number of nitrogens with one attached hydrogen (secondary N) is 2. The zero-order chi connectivity index (χ0) is 21.3. The summed E-state index contributed by atoms with van der Waals surface area (Å²) >= 11 is 0. The molecule has 0 unspecified atom stereocenters. The predicted molar refractivity (Wildman–Crippen MR) is 124 cm³/mol. The lowest BCUT2D eigenvalue weighted by Crippen LogP contribution is -2.33. The highest BCUT2D eigenvalue weighted by molar-refractivity contribution is 5.90. The number of carbonyl (C=O) groups excluding carboxylic acids is 1. The summed E-state index contributed by atoms with van der Waals surface area (Å²) in [6, 6.07) is 16.9. The van der Waals surface area contributed by atoms with Crippen LogP contribution in [0.1, 0.15) is 48.8 Å². The first-order valence-corrected chi connectivity index (χ1v) is 11.1. The number of amides is 2. The van der Waals surface area contributed by atoms with E-state index >= 15 is 0 Å². The van der Waals surface area contributed by atoms with E-state index in [4.69, 9.17) is 0 Å². The average Bonchev–Trinajstić information content (AvgIpc) is 2.75. The van der Waals surface area contributed by atoms with Crippen LogP contribution in [0.5, 0.6) is 0 Å².